The second-order valence-corrected chi connectivity index (χ2v) is 6.50. The van der Waals surface area contributed by atoms with Crippen LogP contribution in [0.3, 0.4) is 0 Å². The molecule has 1 heterocycles. The summed E-state index contributed by atoms with van der Waals surface area (Å²) in [6.07, 6.45) is 1.94. The van der Waals surface area contributed by atoms with Crippen molar-refractivity contribution in [3.8, 4) is 5.75 Å². The molecule has 6 nitrogen and oxygen atoms in total. The fraction of sp³-hybridized carbons (Fsp3) is 0.333. The van der Waals surface area contributed by atoms with E-state index in [4.69, 9.17) is 26.5 Å². The van der Waals surface area contributed by atoms with Crippen molar-refractivity contribution in [2.75, 3.05) is 6.61 Å². The molecule has 1 aliphatic rings. The number of nitrogens with two attached hydrogens (primary N) is 1. The van der Waals surface area contributed by atoms with Crippen LogP contribution in [0.5, 0.6) is 5.75 Å². The van der Waals surface area contributed by atoms with Crippen LogP contribution in [0.15, 0.2) is 34.7 Å². The minimum atomic E-state index is -0.657. The number of hydrogen-bond acceptors (Lipinski definition) is 4. The van der Waals surface area contributed by atoms with Gasteiger partial charge in [-0.15, -0.1) is 0 Å². The van der Waals surface area contributed by atoms with Crippen molar-refractivity contribution in [1.29, 1.82) is 0 Å². The lowest BCUT2D eigenvalue weighted by Gasteiger charge is -2.21. The van der Waals surface area contributed by atoms with Crippen molar-refractivity contribution >= 4 is 23.4 Å². The minimum absolute atomic E-state index is 0.153. The first-order valence-electron chi connectivity index (χ1n) is 8.01. The molecule has 1 aromatic heterocycles. The molecule has 1 aromatic carbocycles. The van der Waals surface area contributed by atoms with Gasteiger partial charge in [0.1, 0.15) is 17.3 Å². The molecule has 7 heteroatoms. The summed E-state index contributed by atoms with van der Waals surface area (Å²) in [7, 11) is 0. The molecule has 0 radical (unpaired) electrons. The van der Waals surface area contributed by atoms with Gasteiger partial charge in [-0.3, -0.25) is 9.59 Å². The Morgan fingerprint density at radius 1 is 1.32 bits per heavy atom. The molecule has 1 aliphatic carbocycles. The van der Waals surface area contributed by atoms with E-state index in [0.29, 0.717) is 11.6 Å². The normalized spacial score (nSPS) is 13.5. The number of carbonyl (C=O) groups is 2. The van der Waals surface area contributed by atoms with Gasteiger partial charge >= 0.3 is 0 Å². The van der Waals surface area contributed by atoms with Crippen molar-refractivity contribution in [1.82, 2.24) is 4.90 Å². The number of carbonyl (C=O) groups excluding carboxylic acids is 2. The fourth-order valence-corrected chi connectivity index (χ4v) is 2.76. The third-order valence-electron chi connectivity index (χ3n) is 3.99. The zero-order valence-corrected chi connectivity index (χ0v) is 14.6. The van der Waals surface area contributed by atoms with Gasteiger partial charge in [0.2, 0.25) is 0 Å². The Kier molecular flexibility index (Phi) is 4.99. The Bertz CT molecular complexity index is 798. The minimum Gasteiger partial charge on any atom is -0.483 e. The Labute approximate surface area is 150 Å². The molecule has 0 aliphatic heterocycles. The average molecular weight is 363 g/mol. The number of benzene rings is 1. The summed E-state index contributed by atoms with van der Waals surface area (Å²) >= 11 is 5.87. The summed E-state index contributed by atoms with van der Waals surface area (Å²) in [6.45, 7) is 2.09. The second kappa shape index (κ2) is 7.19. The molecule has 0 spiro atoms. The number of rotatable bonds is 7. The Morgan fingerprint density at radius 2 is 2.08 bits per heavy atom. The van der Waals surface area contributed by atoms with Gasteiger partial charge in [0, 0.05) is 11.1 Å². The predicted octanol–water partition coefficient (Wildman–Crippen LogP) is 2.91. The van der Waals surface area contributed by atoms with E-state index in [1.165, 1.54) is 12.1 Å². The van der Waals surface area contributed by atoms with Gasteiger partial charge in [-0.2, -0.15) is 0 Å². The van der Waals surface area contributed by atoms with E-state index in [-0.39, 0.29) is 29.9 Å². The van der Waals surface area contributed by atoms with Gasteiger partial charge in [0.05, 0.1) is 12.1 Å². The van der Waals surface area contributed by atoms with E-state index < -0.39 is 5.91 Å². The lowest BCUT2D eigenvalue weighted by atomic mass is 10.2. The third kappa shape index (κ3) is 4.33. The second-order valence-electron chi connectivity index (χ2n) is 6.06. The molecule has 132 valence electrons. The molecule has 3 rings (SSSR count). The monoisotopic (exact) mass is 362 g/mol. The van der Waals surface area contributed by atoms with Crippen LogP contribution in [-0.4, -0.2) is 29.4 Å². The van der Waals surface area contributed by atoms with Crippen LogP contribution in [0, 0.1) is 6.92 Å². The van der Waals surface area contributed by atoms with Crippen LogP contribution in [-0.2, 0) is 11.3 Å². The Balaban J connectivity index is 1.67. The van der Waals surface area contributed by atoms with E-state index in [2.05, 4.69) is 0 Å². The molecule has 0 bridgehead atoms. The van der Waals surface area contributed by atoms with Crippen LogP contribution in [0.1, 0.15) is 34.7 Å². The van der Waals surface area contributed by atoms with Gasteiger partial charge in [0.25, 0.3) is 11.8 Å². The molecule has 2 N–H and O–H groups in total. The molecular weight excluding hydrogens is 344 g/mol. The smallest absolute Gasteiger partial charge is 0.261 e. The quantitative estimate of drug-likeness (QED) is 0.820. The lowest BCUT2D eigenvalue weighted by Crippen LogP contribution is -2.36. The predicted molar refractivity (Wildman–Crippen MR) is 92.5 cm³/mol. The topological polar surface area (TPSA) is 85.8 Å². The highest BCUT2D eigenvalue weighted by Gasteiger charge is 2.33. The van der Waals surface area contributed by atoms with Gasteiger partial charge in [-0.1, -0.05) is 11.6 Å². The maximum absolute atomic E-state index is 12.6. The zero-order chi connectivity index (χ0) is 18.0. The Morgan fingerprint density at radius 3 is 2.68 bits per heavy atom. The van der Waals surface area contributed by atoms with Crippen LogP contribution in [0.4, 0.5) is 0 Å². The molecule has 0 saturated heterocycles. The molecular formula is C18H19ClN2O4. The van der Waals surface area contributed by atoms with Crippen molar-refractivity contribution in [2.45, 2.75) is 32.4 Å². The van der Waals surface area contributed by atoms with Crippen molar-refractivity contribution in [2.24, 2.45) is 5.73 Å². The summed E-state index contributed by atoms with van der Waals surface area (Å²) in [5, 5.41) is 0.375. The number of hydrogen-bond donors (Lipinski definition) is 1. The number of halogens is 1. The van der Waals surface area contributed by atoms with Crippen molar-refractivity contribution in [3.63, 3.8) is 0 Å². The van der Waals surface area contributed by atoms with Crippen LogP contribution >= 0.6 is 11.6 Å². The van der Waals surface area contributed by atoms with Crippen molar-refractivity contribution in [3.05, 3.63) is 52.4 Å². The number of furan rings is 1. The summed E-state index contributed by atoms with van der Waals surface area (Å²) in [6, 6.07) is 8.48. The van der Waals surface area contributed by atoms with Gasteiger partial charge in [-0.25, -0.2) is 0 Å². The van der Waals surface area contributed by atoms with Crippen LogP contribution in [0.2, 0.25) is 5.02 Å². The molecule has 2 aromatic rings. The number of ether oxygens (including phenoxy) is 1. The van der Waals surface area contributed by atoms with Crippen LogP contribution < -0.4 is 10.5 Å². The highest BCUT2D eigenvalue weighted by atomic mass is 35.5. The summed E-state index contributed by atoms with van der Waals surface area (Å²) in [5.41, 5.74) is 5.48. The number of nitrogens with zero attached hydrogens (tertiary/aromatic N) is 1. The summed E-state index contributed by atoms with van der Waals surface area (Å²) in [5.74, 6) is 0.968. The molecule has 0 unspecified atom stereocenters. The molecule has 1 fully saturated rings. The third-order valence-corrected chi connectivity index (χ3v) is 4.22. The SMILES string of the molecule is Cc1ccc(CN(C(=O)COc2ccc(Cl)cc2C(N)=O)C2CC2)o1. The molecule has 2 amide bonds. The number of primary amides is 1. The first-order valence-corrected chi connectivity index (χ1v) is 8.39. The maximum Gasteiger partial charge on any atom is 0.261 e. The highest BCUT2D eigenvalue weighted by molar-refractivity contribution is 6.31. The zero-order valence-electron chi connectivity index (χ0n) is 13.8. The summed E-state index contributed by atoms with van der Waals surface area (Å²) < 4.78 is 11.1. The van der Waals surface area contributed by atoms with E-state index in [1.807, 2.05) is 19.1 Å². The van der Waals surface area contributed by atoms with Gasteiger partial charge in [0.15, 0.2) is 6.61 Å². The standard InChI is InChI=1S/C18H19ClN2O4/c1-11-2-6-14(25-11)9-21(13-4-5-13)17(22)10-24-16-7-3-12(19)8-15(16)18(20)23/h2-3,6-8,13H,4-5,9-10H2,1H3,(H2,20,23). The largest absolute Gasteiger partial charge is 0.483 e. The van der Waals surface area contributed by atoms with Gasteiger partial charge < -0.3 is 19.8 Å². The average Bonchev–Trinajstić information content (AvgIpc) is 3.33. The van der Waals surface area contributed by atoms with Gasteiger partial charge in [-0.05, 0) is 50.1 Å². The Hall–Kier alpha value is -2.47. The first kappa shape index (κ1) is 17.4. The maximum atomic E-state index is 12.6. The fourth-order valence-electron chi connectivity index (χ4n) is 2.59. The number of amides is 2. The molecule has 1 saturated carbocycles. The molecule has 25 heavy (non-hydrogen) atoms. The van der Waals surface area contributed by atoms with Crippen LogP contribution in [0.25, 0.3) is 0 Å². The van der Waals surface area contributed by atoms with E-state index in [0.717, 1.165) is 24.4 Å². The van der Waals surface area contributed by atoms with E-state index >= 15 is 0 Å². The van der Waals surface area contributed by atoms with E-state index in [1.54, 1.807) is 11.0 Å². The van der Waals surface area contributed by atoms with Crippen molar-refractivity contribution < 1.29 is 18.7 Å². The summed E-state index contributed by atoms with van der Waals surface area (Å²) in [4.78, 5) is 25.8. The number of aryl methyl sites for hydroxylation is 1. The first-order chi connectivity index (χ1) is 11.9. The lowest BCUT2D eigenvalue weighted by molar-refractivity contribution is -0.134. The van der Waals surface area contributed by atoms with E-state index in [9.17, 15) is 9.59 Å². The highest BCUT2D eigenvalue weighted by Crippen LogP contribution is 2.29. The molecule has 0 atom stereocenters.